The Morgan fingerprint density at radius 3 is 2.61 bits per heavy atom. The van der Waals surface area contributed by atoms with E-state index >= 15 is 0 Å². The highest BCUT2D eigenvalue weighted by Gasteiger charge is 2.12. The largest absolute Gasteiger partial charge is 0.490 e. The summed E-state index contributed by atoms with van der Waals surface area (Å²) < 4.78 is 11.0. The lowest BCUT2D eigenvalue weighted by molar-refractivity contribution is -0.130. The molecule has 18 heavy (non-hydrogen) atoms. The molecule has 2 N–H and O–H groups in total. The lowest BCUT2D eigenvalue weighted by Crippen LogP contribution is -2.27. The van der Waals surface area contributed by atoms with E-state index in [4.69, 9.17) is 15.2 Å². The van der Waals surface area contributed by atoms with Gasteiger partial charge in [-0.2, -0.15) is 0 Å². The van der Waals surface area contributed by atoms with Crippen LogP contribution < -0.4 is 15.2 Å². The van der Waals surface area contributed by atoms with Crippen LogP contribution in [0.25, 0.3) is 0 Å². The third kappa shape index (κ3) is 3.63. The molecule has 5 nitrogen and oxygen atoms in total. The molecule has 0 radical (unpaired) electrons. The average Bonchev–Trinajstić information content (AvgIpc) is 2.36. The Balaban J connectivity index is 2.87. The van der Waals surface area contributed by atoms with Crippen LogP contribution in [0.3, 0.4) is 0 Å². The molecule has 0 aromatic heterocycles. The van der Waals surface area contributed by atoms with E-state index in [0.29, 0.717) is 24.7 Å². The Kier molecular flexibility index (Phi) is 5.45. The second-order valence-corrected chi connectivity index (χ2v) is 3.96. The second kappa shape index (κ2) is 6.86. The van der Waals surface area contributed by atoms with Gasteiger partial charge in [-0.1, -0.05) is 12.1 Å². The van der Waals surface area contributed by atoms with Crippen LogP contribution >= 0.6 is 0 Å². The maximum atomic E-state index is 11.5. The summed E-state index contributed by atoms with van der Waals surface area (Å²) in [6.45, 7) is 2.74. The van der Waals surface area contributed by atoms with Gasteiger partial charge in [0.25, 0.3) is 5.91 Å². The van der Waals surface area contributed by atoms with Gasteiger partial charge in [0.05, 0.1) is 6.61 Å². The minimum atomic E-state index is -0.107. The van der Waals surface area contributed by atoms with Gasteiger partial charge in [-0.15, -0.1) is 0 Å². The van der Waals surface area contributed by atoms with Crippen LogP contribution in [0.1, 0.15) is 12.5 Å². The lowest BCUT2D eigenvalue weighted by atomic mass is 10.2. The van der Waals surface area contributed by atoms with Crippen molar-refractivity contribution in [1.82, 2.24) is 4.90 Å². The molecule has 0 unspecified atom stereocenters. The zero-order valence-corrected chi connectivity index (χ0v) is 11.1. The maximum Gasteiger partial charge on any atom is 0.259 e. The summed E-state index contributed by atoms with van der Waals surface area (Å²) in [4.78, 5) is 13.0. The van der Waals surface area contributed by atoms with Crippen LogP contribution in [0.4, 0.5) is 0 Å². The summed E-state index contributed by atoms with van der Waals surface area (Å²) in [5.41, 5.74) is 6.48. The van der Waals surface area contributed by atoms with Gasteiger partial charge in [0.1, 0.15) is 0 Å². The number of benzene rings is 1. The summed E-state index contributed by atoms with van der Waals surface area (Å²) >= 11 is 0. The topological polar surface area (TPSA) is 64.8 Å². The molecule has 0 saturated heterocycles. The first-order valence-electron chi connectivity index (χ1n) is 5.87. The fraction of sp³-hybridized carbons (Fsp3) is 0.462. The SMILES string of the molecule is CCOc1cccc(CN)c1OCC(=O)N(C)C. The molecular weight excluding hydrogens is 232 g/mol. The molecule has 1 aromatic carbocycles. The van der Waals surface area contributed by atoms with Crippen LogP contribution in [0, 0.1) is 0 Å². The van der Waals surface area contributed by atoms with Crippen LogP contribution in [-0.4, -0.2) is 38.1 Å². The first-order valence-corrected chi connectivity index (χ1v) is 5.87. The number of hydrogen-bond acceptors (Lipinski definition) is 4. The van der Waals surface area contributed by atoms with E-state index in [1.807, 2.05) is 19.1 Å². The zero-order chi connectivity index (χ0) is 13.5. The summed E-state index contributed by atoms with van der Waals surface area (Å²) in [5.74, 6) is 1.06. The van der Waals surface area contributed by atoms with Crippen molar-refractivity contribution in [3.63, 3.8) is 0 Å². The third-order valence-electron chi connectivity index (χ3n) is 2.42. The average molecular weight is 252 g/mol. The Morgan fingerprint density at radius 2 is 2.06 bits per heavy atom. The van der Waals surface area contributed by atoms with E-state index in [0.717, 1.165) is 5.56 Å². The fourth-order valence-corrected chi connectivity index (χ4v) is 1.42. The molecule has 1 aromatic rings. The molecule has 0 bridgehead atoms. The number of ether oxygens (including phenoxy) is 2. The van der Waals surface area contributed by atoms with Gasteiger partial charge in [-0.05, 0) is 13.0 Å². The van der Waals surface area contributed by atoms with Gasteiger partial charge in [0.15, 0.2) is 18.1 Å². The molecule has 1 rings (SSSR count). The number of likely N-dealkylation sites (N-methyl/N-ethyl adjacent to an activating group) is 1. The predicted octanol–water partition coefficient (Wildman–Crippen LogP) is 1.01. The molecule has 0 saturated carbocycles. The second-order valence-electron chi connectivity index (χ2n) is 3.96. The van der Waals surface area contributed by atoms with Gasteiger partial charge < -0.3 is 20.1 Å². The predicted molar refractivity (Wildman–Crippen MR) is 69.7 cm³/mol. The molecule has 0 fully saturated rings. The molecule has 5 heteroatoms. The van der Waals surface area contributed by atoms with Crippen LogP contribution in [0.15, 0.2) is 18.2 Å². The minimum absolute atomic E-state index is 0.0237. The van der Waals surface area contributed by atoms with Crippen LogP contribution in [-0.2, 0) is 11.3 Å². The summed E-state index contributed by atoms with van der Waals surface area (Å²) in [7, 11) is 3.37. The normalized spacial score (nSPS) is 10.0. The summed E-state index contributed by atoms with van der Waals surface area (Å²) in [6, 6.07) is 5.52. The van der Waals surface area contributed by atoms with E-state index in [-0.39, 0.29) is 12.5 Å². The number of hydrogen-bond donors (Lipinski definition) is 1. The number of rotatable bonds is 6. The molecule has 0 atom stereocenters. The minimum Gasteiger partial charge on any atom is -0.490 e. The molecule has 0 aliphatic rings. The van der Waals surface area contributed by atoms with Crippen molar-refractivity contribution in [3.05, 3.63) is 23.8 Å². The number of amides is 1. The monoisotopic (exact) mass is 252 g/mol. The van der Waals surface area contributed by atoms with Crippen molar-refractivity contribution in [3.8, 4) is 11.5 Å². The highest BCUT2D eigenvalue weighted by molar-refractivity contribution is 5.77. The Hall–Kier alpha value is -1.75. The lowest BCUT2D eigenvalue weighted by Gasteiger charge is -2.16. The molecule has 100 valence electrons. The molecule has 0 aliphatic heterocycles. The molecule has 1 amide bonds. The maximum absolute atomic E-state index is 11.5. The summed E-state index contributed by atoms with van der Waals surface area (Å²) in [5, 5.41) is 0. The van der Waals surface area contributed by atoms with E-state index < -0.39 is 0 Å². The third-order valence-corrected chi connectivity index (χ3v) is 2.42. The highest BCUT2D eigenvalue weighted by Crippen LogP contribution is 2.31. The smallest absolute Gasteiger partial charge is 0.259 e. The highest BCUT2D eigenvalue weighted by atomic mass is 16.5. The Labute approximate surface area is 107 Å². The van der Waals surface area contributed by atoms with Crippen molar-refractivity contribution in [2.45, 2.75) is 13.5 Å². The Bertz CT molecular complexity index is 405. The standard InChI is InChI=1S/C13H20N2O3/c1-4-17-11-7-5-6-10(8-14)13(11)18-9-12(16)15(2)3/h5-7H,4,8-9,14H2,1-3H3. The van der Waals surface area contributed by atoms with Crippen LogP contribution in [0.2, 0.25) is 0 Å². The molecule has 0 heterocycles. The molecule has 0 aliphatic carbocycles. The van der Waals surface area contributed by atoms with Crippen molar-refractivity contribution in [2.24, 2.45) is 5.73 Å². The summed E-state index contributed by atoms with van der Waals surface area (Å²) in [6.07, 6.45) is 0. The number of nitrogens with two attached hydrogens (primary N) is 1. The van der Waals surface area contributed by atoms with Crippen molar-refractivity contribution >= 4 is 5.91 Å². The van der Waals surface area contributed by atoms with Gasteiger partial charge in [0.2, 0.25) is 0 Å². The van der Waals surface area contributed by atoms with Crippen molar-refractivity contribution in [2.75, 3.05) is 27.3 Å². The van der Waals surface area contributed by atoms with Gasteiger partial charge in [-0.3, -0.25) is 4.79 Å². The number of carbonyl (C=O) groups excluding carboxylic acids is 1. The van der Waals surface area contributed by atoms with Gasteiger partial charge >= 0.3 is 0 Å². The van der Waals surface area contributed by atoms with Crippen molar-refractivity contribution < 1.29 is 14.3 Å². The van der Waals surface area contributed by atoms with Crippen LogP contribution in [0.5, 0.6) is 11.5 Å². The molecular formula is C13H20N2O3. The molecule has 0 spiro atoms. The number of carbonyl (C=O) groups is 1. The quantitative estimate of drug-likeness (QED) is 0.820. The van der Waals surface area contributed by atoms with E-state index in [1.165, 1.54) is 4.90 Å². The fourth-order valence-electron chi connectivity index (χ4n) is 1.42. The van der Waals surface area contributed by atoms with Gasteiger partial charge in [0, 0.05) is 26.2 Å². The number of para-hydroxylation sites is 1. The van der Waals surface area contributed by atoms with Gasteiger partial charge in [-0.25, -0.2) is 0 Å². The Morgan fingerprint density at radius 1 is 1.33 bits per heavy atom. The number of nitrogens with zero attached hydrogens (tertiary/aromatic N) is 1. The first kappa shape index (κ1) is 14.3. The van der Waals surface area contributed by atoms with E-state index in [2.05, 4.69) is 0 Å². The van der Waals surface area contributed by atoms with Crippen molar-refractivity contribution in [1.29, 1.82) is 0 Å². The first-order chi connectivity index (χ1) is 8.60. The zero-order valence-electron chi connectivity index (χ0n) is 11.1. The van der Waals surface area contributed by atoms with E-state index in [1.54, 1.807) is 20.2 Å². The van der Waals surface area contributed by atoms with E-state index in [9.17, 15) is 4.79 Å².